The van der Waals surface area contributed by atoms with Gasteiger partial charge in [-0.2, -0.15) is 0 Å². The molecule has 1 aromatic rings. The molecule has 17 heavy (non-hydrogen) atoms. The van der Waals surface area contributed by atoms with Crippen LogP contribution < -0.4 is 5.32 Å². The molecule has 1 saturated heterocycles. The molecule has 0 amide bonds. The Morgan fingerprint density at radius 1 is 1.59 bits per heavy atom. The fraction of sp³-hybridized carbons (Fsp3) is 0.692. The summed E-state index contributed by atoms with van der Waals surface area (Å²) in [6, 6.07) is 4.75. The molecule has 96 valence electrons. The first-order valence-corrected chi connectivity index (χ1v) is 7.86. The molecule has 0 bridgehead atoms. The molecule has 2 unspecified atom stereocenters. The number of halogens is 1. The van der Waals surface area contributed by atoms with Crippen LogP contribution in [0, 0.1) is 0 Å². The molecule has 1 aromatic heterocycles. The Hall–Kier alpha value is 0.1000. The van der Waals surface area contributed by atoms with Crippen LogP contribution in [0.5, 0.6) is 0 Å². The molecule has 1 N–H and O–H groups in total. The molecule has 2 atom stereocenters. The lowest BCUT2D eigenvalue weighted by molar-refractivity contribution is -0.0108. The van der Waals surface area contributed by atoms with E-state index in [0.717, 1.165) is 26.0 Å². The molecular weight excluding hydrogens is 298 g/mol. The number of hydrogen-bond donors (Lipinski definition) is 1. The molecule has 1 aliphatic heterocycles. The second-order valence-electron chi connectivity index (χ2n) is 4.78. The van der Waals surface area contributed by atoms with Crippen LogP contribution in [0.4, 0.5) is 0 Å². The molecule has 0 aromatic carbocycles. The molecule has 0 radical (unpaired) electrons. The lowest BCUT2D eigenvalue weighted by atomic mass is 9.90. The summed E-state index contributed by atoms with van der Waals surface area (Å²) < 4.78 is 7.17. The fourth-order valence-electron chi connectivity index (χ4n) is 2.49. The maximum absolute atomic E-state index is 5.96. The zero-order valence-corrected chi connectivity index (χ0v) is 12.9. The zero-order valence-electron chi connectivity index (χ0n) is 10.5. The first-order valence-electron chi connectivity index (χ1n) is 6.25. The van der Waals surface area contributed by atoms with Crippen LogP contribution in [-0.4, -0.2) is 24.8 Å². The van der Waals surface area contributed by atoms with Gasteiger partial charge >= 0.3 is 0 Å². The Bertz CT molecular complexity index is 360. The summed E-state index contributed by atoms with van der Waals surface area (Å²) in [5.74, 6) is 0. The minimum absolute atomic E-state index is 0.00642. The Kier molecular flexibility index (Phi) is 4.64. The number of rotatable bonds is 5. The number of thiophene rings is 1. The van der Waals surface area contributed by atoms with Crippen molar-refractivity contribution in [3.05, 3.63) is 20.8 Å². The molecule has 0 aliphatic carbocycles. The van der Waals surface area contributed by atoms with Crippen LogP contribution >= 0.6 is 27.3 Å². The van der Waals surface area contributed by atoms with E-state index in [4.69, 9.17) is 4.74 Å². The van der Waals surface area contributed by atoms with Gasteiger partial charge in [0.2, 0.25) is 0 Å². The number of likely N-dealkylation sites (N-methyl/N-ethyl adjacent to an activating group) is 1. The largest absolute Gasteiger partial charge is 0.374 e. The highest BCUT2D eigenvalue weighted by Gasteiger charge is 2.37. The summed E-state index contributed by atoms with van der Waals surface area (Å²) in [7, 11) is 0. The summed E-state index contributed by atoms with van der Waals surface area (Å²) in [6.45, 7) is 6.31. The van der Waals surface area contributed by atoms with E-state index in [-0.39, 0.29) is 5.60 Å². The van der Waals surface area contributed by atoms with Gasteiger partial charge in [0.25, 0.3) is 0 Å². The first kappa shape index (κ1) is 13.5. The van der Waals surface area contributed by atoms with Gasteiger partial charge in [-0.1, -0.05) is 6.92 Å². The minimum atomic E-state index is 0.00642. The predicted molar refractivity (Wildman–Crippen MR) is 76.8 cm³/mol. The Morgan fingerprint density at radius 2 is 2.41 bits per heavy atom. The third-order valence-electron chi connectivity index (χ3n) is 3.47. The summed E-state index contributed by atoms with van der Waals surface area (Å²) >= 11 is 5.35. The maximum Gasteiger partial charge on any atom is 0.0811 e. The molecule has 2 rings (SSSR count). The van der Waals surface area contributed by atoms with E-state index in [1.807, 2.05) is 11.3 Å². The summed E-state index contributed by atoms with van der Waals surface area (Å²) in [4.78, 5) is 1.42. The van der Waals surface area contributed by atoms with Gasteiger partial charge in [-0.3, -0.25) is 0 Å². The summed E-state index contributed by atoms with van der Waals surface area (Å²) in [5.41, 5.74) is 0.00642. The molecule has 0 spiro atoms. The highest BCUT2D eigenvalue weighted by atomic mass is 79.9. The highest BCUT2D eigenvalue weighted by Crippen LogP contribution is 2.32. The van der Waals surface area contributed by atoms with Crippen LogP contribution in [0.3, 0.4) is 0 Å². The second-order valence-corrected chi connectivity index (χ2v) is 7.33. The van der Waals surface area contributed by atoms with Crippen LogP contribution in [0.1, 0.15) is 31.6 Å². The van der Waals surface area contributed by atoms with Crippen molar-refractivity contribution in [2.75, 3.05) is 13.2 Å². The van der Waals surface area contributed by atoms with Gasteiger partial charge in [0.15, 0.2) is 0 Å². The van der Waals surface area contributed by atoms with Crippen LogP contribution in [0.25, 0.3) is 0 Å². The SMILES string of the molecule is CCNC(Cc1ccc(Br)s1)C1(C)CCCO1. The normalized spacial score (nSPS) is 26.3. The summed E-state index contributed by atoms with van der Waals surface area (Å²) in [6.07, 6.45) is 3.41. The van der Waals surface area contributed by atoms with Gasteiger partial charge in [0.05, 0.1) is 9.39 Å². The van der Waals surface area contributed by atoms with Gasteiger partial charge in [-0.25, -0.2) is 0 Å². The maximum atomic E-state index is 5.96. The molecule has 1 fully saturated rings. The lowest BCUT2D eigenvalue weighted by Crippen LogP contribution is -2.49. The standard InChI is InChI=1S/C13H20BrNOS/c1-3-15-11(13(2)7-4-8-16-13)9-10-5-6-12(14)17-10/h5-6,11,15H,3-4,7-9H2,1-2H3. The quantitative estimate of drug-likeness (QED) is 0.896. The molecule has 2 nitrogen and oxygen atoms in total. The van der Waals surface area contributed by atoms with Crippen molar-refractivity contribution in [3.63, 3.8) is 0 Å². The third kappa shape index (κ3) is 3.31. The van der Waals surface area contributed by atoms with Gasteiger partial charge in [-0.15, -0.1) is 11.3 Å². The minimum Gasteiger partial charge on any atom is -0.374 e. The lowest BCUT2D eigenvalue weighted by Gasteiger charge is -2.33. The topological polar surface area (TPSA) is 21.3 Å². The van der Waals surface area contributed by atoms with Crippen molar-refractivity contribution in [1.29, 1.82) is 0 Å². The van der Waals surface area contributed by atoms with E-state index >= 15 is 0 Å². The zero-order chi connectivity index (χ0) is 12.3. The van der Waals surface area contributed by atoms with Gasteiger partial charge in [0, 0.05) is 17.5 Å². The molecule has 0 saturated carbocycles. The summed E-state index contributed by atoms with van der Waals surface area (Å²) in [5, 5.41) is 3.59. The predicted octanol–water partition coefficient (Wildman–Crippen LogP) is 3.60. The second kappa shape index (κ2) is 5.83. The van der Waals surface area contributed by atoms with Crippen LogP contribution in [0.15, 0.2) is 15.9 Å². The van der Waals surface area contributed by atoms with E-state index in [2.05, 4.69) is 47.2 Å². The Labute approximate surface area is 116 Å². The van der Waals surface area contributed by atoms with Crippen molar-refractivity contribution >= 4 is 27.3 Å². The van der Waals surface area contributed by atoms with Gasteiger partial charge < -0.3 is 10.1 Å². The van der Waals surface area contributed by atoms with Crippen LogP contribution in [0.2, 0.25) is 0 Å². The van der Waals surface area contributed by atoms with Crippen molar-refractivity contribution in [2.45, 2.75) is 44.8 Å². The molecular formula is C13H20BrNOS. The van der Waals surface area contributed by atoms with E-state index < -0.39 is 0 Å². The molecule has 1 aliphatic rings. The van der Waals surface area contributed by atoms with Gasteiger partial charge in [0.1, 0.15) is 0 Å². The van der Waals surface area contributed by atoms with Crippen molar-refractivity contribution in [3.8, 4) is 0 Å². The average molecular weight is 318 g/mol. The average Bonchev–Trinajstić information content (AvgIpc) is 2.88. The fourth-order valence-corrected chi connectivity index (χ4v) is 4.02. The van der Waals surface area contributed by atoms with E-state index in [1.54, 1.807) is 0 Å². The third-order valence-corrected chi connectivity index (χ3v) is 5.12. The van der Waals surface area contributed by atoms with E-state index in [9.17, 15) is 0 Å². The van der Waals surface area contributed by atoms with Crippen molar-refractivity contribution in [1.82, 2.24) is 5.32 Å². The van der Waals surface area contributed by atoms with Crippen molar-refractivity contribution in [2.24, 2.45) is 0 Å². The van der Waals surface area contributed by atoms with E-state index in [1.165, 1.54) is 15.1 Å². The highest BCUT2D eigenvalue weighted by molar-refractivity contribution is 9.11. The molecule has 4 heteroatoms. The monoisotopic (exact) mass is 317 g/mol. The smallest absolute Gasteiger partial charge is 0.0811 e. The number of nitrogens with one attached hydrogen (secondary N) is 1. The van der Waals surface area contributed by atoms with E-state index in [0.29, 0.717) is 6.04 Å². The first-order chi connectivity index (χ1) is 8.14. The Morgan fingerprint density at radius 3 is 2.94 bits per heavy atom. The molecule has 2 heterocycles. The van der Waals surface area contributed by atoms with Crippen LogP contribution in [-0.2, 0) is 11.2 Å². The van der Waals surface area contributed by atoms with Crippen molar-refractivity contribution < 1.29 is 4.74 Å². The number of ether oxygens (including phenoxy) is 1. The number of hydrogen-bond acceptors (Lipinski definition) is 3. The Balaban J connectivity index is 2.06. The van der Waals surface area contributed by atoms with Gasteiger partial charge in [-0.05, 0) is 60.8 Å².